The predicted octanol–water partition coefficient (Wildman–Crippen LogP) is 7.48. The topological polar surface area (TPSA) is 81.0 Å². The van der Waals surface area contributed by atoms with Crippen LogP contribution in [0.3, 0.4) is 0 Å². The molecule has 0 unspecified atom stereocenters. The summed E-state index contributed by atoms with van der Waals surface area (Å²) in [5, 5.41) is 9.49. The molecule has 1 heterocycles. The number of nitriles is 1. The number of hydrogen-bond acceptors (Lipinski definition) is 6. The van der Waals surface area contributed by atoms with E-state index in [2.05, 4.69) is 22.9 Å². The van der Waals surface area contributed by atoms with Gasteiger partial charge in [0.25, 0.3) is 0 Å². The third-order valence-electron chi connectivity index (χ3n) is 8.53. The average molecular weight is 605 g/mol. The fraction of sp³-hybridized carbons (Fsp3) is 0.457. The molecule has 0 radical (unpaired) electrons. The molecule has 0 spiro atoms. The van der Waals surface area contributed by atoms with Crippen molar-refractivity contribution in [3.05, 3.63) is 95.6 Å². The molecule has 1 aliphatic heterocycles. The first-order valence-electron chi connectivity index (χ1n) is 15.1. The molecule has 3 aromatic rings. The maximum Gasteiger partial charge on any atom is 0.155 e. The maximum atomic E-state index is 14.6. The van der Waals surface area contributed by atoms with Gasteiger partial charge in [-0.3, -0.25) is 0 Å². The van der Waals surface area contributed by atoms with Crippen LogP contribution in [0.2, 0.25) is 0 Å². The SMILES string of the molecule is COc1ccc(C(OC[C@@H]2OCC[C@@H]2N(CCC#N)P(=O)(C(C)C)C(C)C)(c2ccccc2)c2ccc(OC)cc2)cc1. The lowest BCUT2D eigenvalue weighted by molar-refractivity contribution is -0.0563. The van der Waals surface area contributed by atoms with Gasteiger partial charge in [-0.25, -0.2) is 4.67 Å². The van der Waals surface area contributed by atoms with Crippen LogP contribution in [-0.4, -0.2) is 62.1 Å². The van der Waals surface area contributed by atoms with Crippen LogP contribution in [0.4, 0.5) is 0 Å². The van der Waals surface area contributed by atoms with Crippen molar-refractivity contribution in [3.63, 3.8) is 0 Å². The van der Waals surface area contributed by atoms with Crippen molar-refractivity contribution in [2.45, 2.75) is 69.6 Å². The van der Waals surface area contributed by atoms with Crippen LogP contribution in [0.1, 0.15) is 57.2 Å². The van der Waals surface area contributed by atoms with E-state index in [9.17, 15) is 9.83 Å². The second-order valence-corrected chi connectivity index (χ2v) is 15.4. The minimum Gasteiger partial charge on any atom is -0.497 e. The Labute approximate surface area is 257 Å². The Hall–Kier alpha value is -3.14. The van der Waals surface area contributed by atoms with Gasteiger partial charge in [-0.05, 0) is 47.4 Å². The molecule has 1 aliphatic rings. The summed E-state index contributed by atoms with van der Waals surface area (Å²) >= 11 is 0. The number of ether oxygens (including phenoxy) is 4. The van der Waals surface area contributed by atoms with Crippen molar-refractivity contribution in [1.29, 1.82) is 5.26 Å². The van der Waals surface area contributed by atoms with E-state index < -0.39 is 12.9 Å². The van der Waals surface area contributed by atoms with Gasteiger partial charge in [0.15, 0.2) is 7.29 Å². The summed E-state index contributed by atoms with van der Waals surface area (Å²) < 4.78 is 41.2. The highest BCUT2D eigenvalue weighted by Gasteiger charge is 2.46. The Balaban J connectivity index is 1.80. The van der Waals surface area contributed by atoms with Crippen LogP contribution >= 0.6 is 7.29 Å². The van der Waals surface area contributed by atoms with Crippen molar-refractivity contribution < 1.29 is 23.5 Å². The smallest absolute Gasteiger partial charge is 0.155 e. The highest BCUT2D eigenvalue weighted by atomic mass is 31.2. The normalized spacial score (nSPS) is 17.4. The molecule has 0 bridgehead atoms. The van der Waals surface area contributed by atoms with Gasteiger partial charge in [0.2, 0.25) is 0 Å². The lowest BCUT2D eigenvalue weighted by atomic mass is 9.80. The summed E-state index contributed by atoms with van der Waals surface area (Å²) in [6.07, 6.45) is 0.704. The van der Waals surface area contributed by atoms with Crippen molar-refractivity contribution in [2.24, 2.45) is 0 Å². The molecule has 0 amide bonds. The number of nitrogens with zero attached hydrogens (tertiary/aromatic N) is 2. The molecule has 3 aromatic carbocycles. The summed E-state index contributed by atoms with van der Waals surface area (Å²) in [5.74, 6) is 1.51. The molecule has 0 aliphatic carbocycles. The Morgan fingerprint density at radius 2 is 1.40 bits per heavy atom. The van der Waals surface area contributed by atoms with Crippen LogP contribution in [0, 0.1) is 11.3 Å². The number of benzene rings is 3. The van der Waals surface area contributed by atoms with Gasteiger partial charge >= 0.3 is 0 Å². The fourth-order valence-electron chi connectivity index (χ4n) is 6.33. The van der Waals surface area contributed by atoms with Crippen molar-refractivity contribution >= 4 is 7.29 Å². The number of hydrogen-bond donors (Lipinski definition) is 0. The summed E-state index contributed by atoms with van der Waals surface area (Å²) in [6.45, 7) is 9.34. The van der Waals surface area contributed by atoms with Crippen LogP contribution in [0.15, 0.2) is 78.9 Å². The zero-order valence-corrected chi connectivity index (χ0v) is 27.1. The molecule has 4 rings (SSSR count). The van der Waals surface area contributed by atoms with E-state index in [1.807, 2.05) is 94.4 Å². The number of methoxy groups -OCH3 is 2. The minimum atomic E-state index is -2.83. The van der Waals surface area contributed by atoms with Gasteiger partial charge in [0, 0.05) is 36.9 Å². The Bertz CT molecular complexity index is 1330. The van der Waals surface area contributed by atoms with Gasteiger partial charge in [0.05, 0.1) is 33.0 Å². The molecule has 0 aromatic heterocycles. The first-order valence-corrected chi connectivity index (χ1v) is 16.9. The van der Waals surface area contributed by atoms with Crippen molar-refractivity contribution in [2.75, 3.05) is 34.0 Å². The molecule has 7 nitrogen and oxygen atoms in total. The van der Waals surface area contributed by atoms with Crippen molar-refractivity contribution in [1.82, 2.24) is 4.67 Å². The van der Waals surface area contributed by atoms with Crippen LogP contribution in [0.25, 0.3) is 0 Å². The first kappa shape index (κ1) is 32.8. The highest BCUT2D eigenvalue weighted by Crippen LogP contribution is 2.60. The largest absolute Gasteiger partial charge is 0.497 e. The number of rotatable bonds is 14. The van der Waals surface area contributed by atoms with E-state index in [-0.39, 0.29) is 30.1 Å². The van der Waals surface area contributed by atoms with E-state index in [0.29, 0.717) is 19.6 Å². The van der Waals surface area contributed by atoms with E-state index in [0.717, 1.165) is 34.6 Å². The Morgan fingerprint density at radius 3 is 1.86 bits per heavy atom. The zero-order valence-electron chi connectivity index (χ0n) is 26.2. The van der Waals surface area contributed by atoms with Crippen LogP contribution < -0.4 is 9.47 Å². The molecule has 2 atom stereocenters. The van der Waals surface area contributed by atoms with Gasteiger partial charge in [-0.2, -0.15) is 5.26 Å². The second kappa shape index (κ2) is 14.6. The van der Waals surface area contributed by atoms with Crippen LogP contribution in [-0.2, 0) is 19.6 Å². The summed E-state index contributed by atoms with van der Waals surface area (Å²) in [5.41, 5.74) is 1.78. The van der Waals surface area contributed by atoms with Crippen molar-refractivity contribution in [3.8, 4) is 17.6 Å². The summed E-state index contributed by atoms with van der Waals surface area (Å²) in [4.78, 5) is 0. The molecule has 43 heavy (non-hydrogen) atoms. The molecule has 0 N–H and O–H groups in total. The standard InChI is InChI=1S/C35H45N2O5P/c1-26(2)43(38,27(3)4)37(23-10-22-36)33-21-24-41-34(33)25-42-35(28-11-8-7-9-12-28,29-13-17-31(39-5)18-14-29)30-15-19-32(40-6)20-16-30/h7-9,11-20,26-27,33-34H,10,21,23-25H2,1-6H3/t33-,34-/m0/s1. The maximum absolute atomic E-state index is 14.6. The lowest BCUT2D eigenvalue weighted by Gasteiger charge is -2.43. The van der Waals surface area contributed by atoms with Crippen LogP contribution in [0.5, 0.6) is 11.5 Å². The Kier molecular flexibility index (Phi) is 11.1. The monoisotopic (exact) mass is 604 g/mol. The highest BCUT2D eigenvalue weighted by molar-refractivity contribution is 7.62. The zero-order chi connectivity index (χ0) is 31.0. The lowest BCUT2D eigenvalue weighted by Crippen LogP contribution is -2.46. The van der Waals surface area contributed by atoms with E-state index in [4.69, 9.17) is 18.9 Å². The third kappa shape index (κ3) is 6.69. The van der Waals surface area contributed by atoms with Gasteiger partial charge < -0.3 is 23.5 Å². The molecule has 1 saturated heterocycles. The molecule has 0 saturated carbocycles. The molecular formula is C35H45N2O5P. The van der Waals surface area contributed by atoms with Gasteiger partial charge in [0.1, 0.15) is 17.1 Å². The quantitative estimate of drug-likeness (QED) is 0.139. The summed E-state index contributed by atoms with van der Waals surface area (Å²) in [7, 11) is 0.482. The first-order chi connectivity index (χ1) is 20.7. The predicted molar refractivity (Wildman–Crippen MR) is 171 cm³/mol. The van der Waals surface area contributed by atoms with E-state index >= 15 is 0 Å². The minimum absolute atomic E-state index is 0.0460. The molecule has 230 valence electrons. The van der Waals surface area contributed by atoms with E-state index in [1.54, 1.807) is 14.2 Å². The van der Waals surface area contributed by atoms with Gasteiger partial charge in [-0.15, -0.1) is 0 Å². The molecule has 1 fully saturated rings. The molecular weight excluding hydrogens is 559 g/mol. The average Bonchev–Trinajstić information content (AvgIpc) is 3.50. The molecule has 8 heteroatoms. The van der Waals surface area contributed by atoms with Gasteiger partial charge in [-0.1, -0.05) is 82.3 Å². The third-order valence-corrected chi connectivity index (χ3v) is 12.8. The fourth-order valence-corrected chi connectivity index (χ4v) is 9.85. The Morgan fingerprint density at radius 1 is 0.884 bits per heavy atom. The van der Waals surface area contributed by atoms with E-state index in [1.165, 1.54) is 0 Å². The summed E-state index contributed by atoms with van der Waals surface area (Å²) in [6, 6.07) is 28.2. The second-order valence-electron chi connectivity index (χ2n) is 11.5.